The van der Waals surface area contributed by atoms with E-state index in [1.165, 1.54) is 16.9 Å². The van der Waals surface area contributed by atoms with Gasteiger partial charge in [0.05, 0.1) is 17.1 Å². The van der Waals surface area contributed by atoms with Crippen LogP contribution in [0.15, 0.2) is 47.8 Å². The molecule has 0 spiro atoms. The Hall–Kier alpha value is -2.93. The lowest BCUT2D eigenvalue weighted by Gasteiger charge is -2.34. The molecule has 1 atom stereocenters. The third-order valence-electron chi connectivity index (χ3n) is 5.94. The first-order valence-corrected chi connectivity index (χ1v) is 11.6. The Kier molecular flexibility index (Phi) is 6.51. The number of likely N-dealkylation sites (tertiary alicyclic amines) is 1. The molecule has 0 aliphatic carbocycles. The van der Waals surface area contributed by atoms with Gasteiger partial charge in [0.25, 0.3) is 5.91 Å². The van der Waals surface area contributed by atoms with Crippen molar-refractivity contribution >= 4 is 23.2 Å². The molecule has 0 saturated carbocycles. The number of carbonyl (C=O) groups is 2. The Labute approximate surface area is 186 Å². The number of nitrogens with zero attached hydrogens (tertiary/aromatic N) is 3. The van der Waals surface area contributed by atoms with Crippen molar-refractivity contribution in [2.24, 2.45) is 0 Å². The molecule has 1 fully saturated rings. The minimum absolute atomic E-state index is 0.0436. The van der Waals surface area contributed by atoms with E-state index in [1.54, 1.807) is 4.90 Å². The standard InChI is InChI=1S/C24H28N4O2S/c1-17-20(18(2)28(26-17)16-19-9-4-3-5-10-19)15-25-23(29)21-11-6-7-13-27(21)24(30)22-12-8-14-31-22/h3-5,8-10,12,14,21H,6-7,11,13,15-16H2,1-2H3,(H,25,29). The predicted molar refractivity (Wildman–Crippen MR) is 122 cm³/mol. The molecule has 1 saturated heterocycles. The lowest BCUT2D eigenvalue weighted by Crippen LogP contribution is -2.51. The van der Waals surface area contributed by atoms with E-state index in [2.05, 4.69) is 22.5 Å². The third-order valence-corrected chi connectivity index (χ3v) is 6.80. The van der Waals surface area contributed by atoms with Crippen molar-refractivity contribution in [1.82, 2.24) is 20.0 Å². The molecular weight excluding hydrogens is 408 g/mol. The molecule has 0 bridgehead atoms. The minimum atomic E-state index is -0.414. The van der Waals surface area contributed by atoms with Crippen LogP contribution in [0.4, 0.5) is 0 Å². The first-order valence-electron chi connectivity index (χ1n) is 10.7. The molecule has 0 radical (unpaired) electrons. The number of aromatic nitrogens is 2. The van der Waals surface area contributed by atoms with Crippen LogP contribution in [0.3, 0.4) is 0 Å². The highest BCUT2D eigenvalue weighted by atomic mass is 32.1. The first-order chi connectivity index (χ1) is 15.0. The normalized spacial score (nSPS) is 16.3. The fraction of sp³-hybridized carbons (Fsp3) is 0.375. The molecule has 2 aromatic heterocycles. The van der Waals surface area contributed by atoms with Gasteiger partial charge in [0.1, 0.15) is 6.04 Å². The number of aryl methyl sites for hydroxylation is 1. The van der Waals surface area contributed by atoms with Gasteiger partial charge in [0.15, 0.2) is 0 Å². The maximum atomic E-state index is 13.0. The van der Waals surface area contributed by atoms with E-state index in [0.717, 1.165) is 29.8 Å². The van der Waals surface area contributed by atoms with Crippen LogP contribution >= 0.6 is 11.3 Å². The largest absolute Gasteiger partial charge is 0.350 e. The second-order valence-corrected chi connectivity index (χ2v) is 8.95. The average molecular weight is 437 g/mol. The third kappa shape index (κ3) is 4.71. The second-order valence-electron chi connectivity index (χ2n) is 8.00. The van der Waals surface area contributed by atoms with Crippen LogP contribution in [0.25, 0.3) is 0 Å². The van der Waals surface area contributed by atoms with Crippen molar-refractivity contribution in [1.29, 1.82) is 0 Å². The number of hydrogen-bond donors (Lipinski definition) is 1. The summed E-state index contributed by atoms with van der Waals surface area (Å²) in [4.78, 5) is 28.4. The first kappa shape index (κ1) is 21.3. The number of thiophene rings is 1. The summed E-state index contributed by atoms with van der Waals surface area (Å²) in [6, 6.07) is 13.5. The summed E-state index contributed by atoms with van der Waals surface area (Å²) < 4.78 is 1.99. The van der Waals surface area contributed by atoms with Crippen LogP contribution in [0.1, 0.15) is 51.4 Å². The van der Waals surface area contributed by atoms with Crippen molar-refractivity contribution in [3.63, 3.8) is 0 Å². The number of rotatable bonds is 6. The van der Waals surface area contributed by atoms with Crippen LogP contribution in [-0.4, -0.2) is 39.1 Å². The fourth-order valence-electron chi connectivity index (χ4n) is 4.18. The zero-order valence-electron chi connectivity index (χ0n) is 18.0. The number of piperidine rings is 1. The summed E-state index contributed by atoms with van der Waals surface area (Å²) in [7, 11) is 0. The number of amides is 2. The van der Waals surface area contributed by atoms with E-state index in [4.69, 9.17) is 0 Å². The summed E-state index contributed by atoms with van der Waals surface area (Å²) >= 11 is 1.42. The van der Waals surface area contributed by atoms with Crippen LogP contribution in [0, 0.1) is 13.8 Å². The van der Waals surface area contributed by atoms with Gasteiger partial charge in [-0.1, -0.05) is 36.4 Å². The van der Waals surface area contributed by atoms with Crippen LogP contribution in [-0.2, 0) is 17.9 Å². The van der Waals surface area contributed by atoms with E-state index >= 15 is 0 Å². The van der Waals surface area contributed by atoms with Gasteiger partial charge in [-0.3, -0.25) is 14.3 Å². The number of benzene rings is 1. The summed E-state index contributed by atoms with van der Waals surface area (Å²) in [6.07, 6.45) is 2.60. The van der Waals surface area contributed by atoms with E-state index < -0.39 is 6.04 Å². The maximum absolute atomic E-state index is 13.0. The highest BCUT2D eigenvalue weighted by Gasteiger charge is 2.33. The van der Waals surface area contributed by atoms with Crippen molar-refractivity contribution in [2.45, 2.75) is 52.2 Å². The highest BCUT2D eigenvalue weighted by Crippen LogP contribution is 2.22. The highest BCUT2D eigenvalue weighted by molar-refractivity contribution is 7.12. The van der Waals surface area contributed by atoms with E-state index in [9.17, 15) is 9.59 Å². The lowest BCUT2D eigenvalue weighted by molar-refractivity contribution is -0.126. The molecule has 1 aliphatic rings. The zero-order valence-corrected chi connectivity index (χ0v) is 18.8. The van der Waals surface area contributed by atoms with Crippen molar-refractivity contribution in [3.8, 4) is 0 Å². The summed E-state index contributed by atoms with van der Waals surface area (Å²) in [5.74, 6) is -0.128. The molecule has 1 aliphatic heterocycles. The molecule has 4 rings (SSSR count). The number of hydrogen-bond acceptors (Lipinski definition) is 4. The van der Waals surface area contributed by atoms with Gasteiger partial charge < -0.3 is 10.2 Å². The molecule has 31 heavy (non-hydrogen) atoms. The Balaban J connectivity index is 1.43. The van der Waals surface area contributed by atoms with Crippen LogP contribution in [0.5, 0.6) is 0 Å². The molecular formula is C24H28N4O2S. The minimum Gasteiger partial charge on any atom is -0.350 e. The van der Waals surface area contributed by atoms with Gasteiger partial charge in [-0.15, -0.1) is 11.3 Å². The smallest absolute Gasteiger partial charge is 0.264 e. The van der Waals surface area contributed by atoms with Crippen molar-refractivity contribution in [2.75, 3.05) is 6.54 Å². The van der Waals surface area contributed by atoms with E-state index in [-0.39, 0.29) is 11.8 Å². The SMILES string of the molecule is Cc1nn(Cc2ccccc2)c(C)c1CNC(=O)C1CCCCN1C(=O)c1cccs1. The second kappa shape index (κ2) is 9.47. The van der Waals surface area contributed by atoms with Gasteiger partial charge >= 0.3 is 0 Å². The maximum Gasteiger partial charge on any atom is 0.264 e. The molecule has 1 aromatic carbocycles. The van der Waals surface area contributed by atoms with Crippen molar-refractivity contribution in [3.05, 3.63) is 75.2 Å². The Morgan fingerprint density at radius 3 is 2.68 bits per heavy atom. The molecule has 6 nitrogen and oxygen atoms in total. The lowest BCUT2D eigenvalue weighted by atomic mass is 10.0. The quantitative estimate of drug-likeness (QED) is 0.637. The monoisotopic (exact) mass is 436 g/mol. The average Bonchev–Trinajstić information content (AvgIpc) is 3.41. The molecule has 2 amide bonds. The molecule has 1 unspecified atom stereocenters. The Morgan fingerprint density at radius 1 is 1.13 bits per heavy atom. The van der Waals surface area contributed by atoms with E-state index in [1.807, 2.05) is 54.2 Å². The number of carbonyl (C=O) groups excluding carboxylic acids is 2. The zero-order chi connectivity index (χ0) is 21.8. The van der Waals surface area contributed by atoms with Gasteiger partial charge in [-0.2, -0.15) is 5.10 Å². The van der Waals surface area contributed by atoms with Crippen LogP contribution in [0.2, 0.25) is 0 Å². The Bertz CT molecular complexity index is 1040. The van der Waals surface area contributed by atoms with Gasteiger partial charge in [-0.25, -0.2) is 0 Å². The predicted octanol–water partition coefficient (Wildman–Crippen LogP) is 3.92. The number of nitrogens with one attached hydrogen (secondary N) is 1. The fourth-order valence-corrected chi connectivity index (χ4v) is 4.86. The van der Waals surface area contributed by atoms with Gasteiger partial charge in [-0.05, 0) is 50.1 Å². The molecule has 1 N–H and O–H groups in total. The van der Waals surface area contributed by atoms with Gasteiger partial charge in [0.2, 0.25) is 5.91 Å². The van der Waals surface area contributed by atoms with E-state index in [0.29, 0.717) is 30.9 Å². The van der Waals surface area contributed by atoms with Crippen molar-refractivity contribution < 1.29 is 9.59 Å². The van der Waals surface area contributed by atoms with Crippen LogP contribution < -0.4 is 5.32 Å². The summed E-state index contributed by atoms with van der Waals surface area (Å²) in [6.45, 7) is 5.76. The molecule has 7 heteroatoms. The Morgan fingerprint density at radius 2 is 1.94 bits per heavy atom. The van der Waals surface area contributed by atoms with Gasteiger partial charge in [0, 0.05) is 24.3 Å². The summed E-state index contributed by atoms with van der Waals surface area (Å²) in [5, 5.41) is 9.64. The molecule has 162 valence electrons. The molecule has 3 aromatic rings. The summed E-state index contributed by atoms with van der Waals surface area (Å²) in [5.41, 5.74) is 4.20. The topological polar surface area (TPSA) is 67.2 Å². The molecule has 3 heterocycles.